The van der Waals surface area contributed by atoms with Gasteiger partial charge in [0.25, 0.3) is 0 Å². The van der Waals surface area contributed by atoms with Crippen LogP contribution in [0.15, 0.2) is 23.2 Å². The summed E-state index contributed by atoms with van der Waals surface area (Å²) in [4.78, 5) is 4.44. The van der Waals surface area contributed by atoms with Gasteiger partial charge in [0.2, 0.25) is 0 Å². The van der Waals surface area contributed by atoms with E-state index in [4.69, 9.17) is 0 Å². The van der Waals surface area contributed by atoms with Crippen molar-refractivity contribution in [1.82, 2.24) is 10.6 Å². The van der Waals surface area contributed by atoms with Crippen LogP contribution in [0.4, 0.5) is 4.39 Å². The molecule has 0 aromatic heterocycles. The van der Waals surface area contributed by atoms with Crippen molar-refractivity contribution in [3.05, 3.63) is 35.1 Å². The summed E-state index contributed by atoms with van der Waals surface area (Å²) >= 11 is 0. The fraction of sp³-hybridized carbons (Fsp3) is 0.562. The second-order valence-electron chi connectivity index (χ2n) is 5.66. The highest BCUT2D eigenvalue weighted by Crippen LogP contribution is 2.29. The molecule has 2 N–H and O–H groups in total. The smallest absolute Gasteiger partial charge is 0.191 e. The molecule has 0 radical (unpaired) electrons. The fourth-order valence-corrected chi connectivity index (χ4v) is 2.16. The van der Waals surface area contributed by atoms with Crippen molar-refractivity contribution in [1.29, 1.82) is 0 Å². The van der Waals surface area contributed by atoms with Crippen LogP contribution in [-0.4, -0.2) is 18.5 Å². The van der Waals surface area contributed by atoms with E-state index in [-0.39, 0.29) is 11.9 Å². The SMILES string of the molecule is CCN=C(NC(C)c1ccc(C)c(F)c1)NC1CC1C. The summed E-state index contributed by atoms with van der Waals surface area (Å²) in [6.07, 6.45) is 1.19. The third-order valence-corrected chi connectivity index (χ3v) is 3.80. The van der Waals surface area contributed by atoms with Gasteiger partial charge in [-0.15, -0.1) is 0 Å². The molecule has 0 bridgehead atoms. The van der Waals surface area contributed by atoms with Crippen LogP contribution >= 0.6 is 0 Å². The summed E-state index contributed by atoms with van der Waals surface area (Å²) in [5.74, 6) is 1.37. The van der Waals surface area contributed by atoms with Gasteiger partial charge in [-0.3, -0.25) is 4.99 Å². The number of halogens is 1. The third-order valence-electron chi connectivity index (χ3n) is 3.80. The lowest BCUT2D eigenvalue weighted by Crippen LogP contribution is -2.40. The molecular formula is C16H24FN3. The van der Waals surface area contributed by atoms with Crippen molar-refractivity contribution < 1.29 is 4.39 Å². The number of rotatable bonds is 4. The summed E-state index contributed by atoms with van der Waals surface area (Å²) in [5.41, 5.74) is 1.61. The van der Waals surface area contributed by atoms with Crippen molar-refractivity contribution in [3.8, 4) is 0 Å². The lowest BCUT2D eigenvalue weighted by molar-refractivity contribution is 0.607. The first-order valence-electron chi connectivity index (χ1n) is 7.34. The monoisotopic (exact) mass is 277 g/mol. The van der Waals surface area contributed by atoms with E-state index in [1.807, 2.05) is 26.0 Å². The predicted octanol–water partition coefficient (Wildman–Crippen LogP) is 3.16. The van der Waals surface area contributed by atoms with Crippen LogP contribution < -0.4 is 10.6 Å². The molecule has 3 atom stereocenters. The van der Waals surface area contributed by atoms with Gasteiger partial charge in [0.05, 0.1) is 6.04 Å². The summed E-state index contributed by atoms with van der Waals surface area (Å²) < 4.78 is 13.6. The molecule has 1 aromatic carbocycles. The molecule has 0 heterocycles. The van der Waals surface area contributed by atoms with E-state index in [1.54, 1.807) is 13.0 Å². The molecule has 1 fully saturated rings. The number of nitrogens with zero attached hydrogens (tertiary/aromatic N) is 1. The molecule has 0 spiro atoms. The Bertz CT molecular complexity index is 498. The molecular weight excluding hydrogens is 253 g/mol. The molecule has 2 rings (SSSR count). The van der Waals surface area contributed by atoms with Crippen LogP contribution in [-0.2, 0) is 0 Å². The van der Waals surface area contributed by atoms with Crippen LogP contribution in [0.25, 0.3) is 0 Å². The molecule has 1 saturated carbocycles. The van der Waals surface area contributed by atoms with E-state index in [0.717, 1.165) is 18.1 Å². The van der Waals surface area contributed by atoms with Gasteiger partial charge in [-0.1, -0.05) is 19.1 Å². The number of hydrogen-bond donors (Lipinski definition) is 2. The second kappa shape index (κ2) is 6.25. The van der Waals surface area contributed by atoms with Crippen LogP contribution in [0.2, 0.25) is 0 Å². The standard InChI is InChI=1S/C16H24FN3/c1-5-18-16(20-15-8-11(15)3)19-12(4)13-7-6-10(2)14(17)9-13/h6-7,9,11-12,15H,5,8H2,1-4H3,(H2,18,19,20). The highest BCUT2D eigenvalue weighted by atomic mass is 19.1. The number of nitrogens with one attached hydrogen (secondary N) is 2. The zero-order valence-corrected chi connectivity index (χ0v) is 12.7. The van der Waals surface area contributed by atoms with Gasteiger partial charge in [-0.2, -0.15) is 0 Å². The van der Waals surface area contributed by atoms with Crippen LogP contribution in [0.5, 0.6) is 0 Å². The minimum Gasteiger partial charge on any atom is -0.353 e. The Kier molecular flexibility index (Phi) is 4.63. The summed E-state index contributed by atoms with van der Waals surface area (Å²) in [7, 11) is 0. The first-order chi connectivity index (χ1) is 9.51. The maximum atomic E-state index is 13.6. The molecule has 1 aliphatic rings. The highest BCUT2D eigenvalue weighted by molar-refractivity contribution is 5.80. The van der Waals surface area contributed by atoms with Gasteiger partial charge in [-0.25, -0.2) is 4.39 Å². The predicted molar refractivity (Wildman–Crippen MR) is 81.4 cm³/mol. The summed E-state index contributed by atoms with van der Waals surface area (Å²) in [5, 5.41) is 6.76. The maximum Gasteiger partial charge on any atom is 0.191 e. The molecule has 0 saturated heterocycles. The summed E-state index contributed by atoms with van der Waals surface area (Å²) in [6, 6.07) is 5.91. The van der Waals surface area contributed by atoms with E-state index in [0.29, 0.717) is 17.5 Å². The Balaban J connectivity index is 2.01. The number of aryl methyl sites for hydroxylation is 1. The number of benzene rings is 1. The van der Waals surface area contributed by atoms with Crippen LogP contribution in [0, 0.1) is 18.7 Å². The number of aliphatic imine (C=N–C) groups is 1. The lowest BCUT2D eigenvalue weighted by atomic mass is 10.1. The molecule has 110 valence electrons. The number of guanidine groups is 1. The Labute approximate surface area is 120 Å². The van der Waals surface area contributed by atoms with Gasteiger partial charge in [0.15, 0.2) is 5.96 Å². The normalized spacial score (nSPS) is 23.4. The van der Waals surface area contributed by atoms with E-state index in [1.165, 1.54) is 6.42 Å². The Hall–Kier alpha value is -1.58. The minimum absolute atomic E-state index is 0.0250. The minimum atomic E-state index is -0.158. The molecule has 1 aromatic rings. The molecule has 4 heteroatoms. The van der Waals surface area contributed by atoms with Crippen LogP contribution in [0.1, 0.15) is 44.4 Å². The van der Waals surface area contributed by atoms with Crippen molar-refractivity contribution in [2.24, 2.45) is 10.9 Å². The molecule has 20 heavy (non-hydrogen) atoms. The zero-order valence-electron chi connectivity index (χ0n) is 12.7. The molecule has 0 aliphatic heterocycles. The summed E-state index contributed by atoms with van der Waals surface area (Å²) in [6.45, 7) is 8.76. The van der Waals surface area contributed by atoms with Gasteiger partial charge in [0, 0.05) is 12.6 Å². The van der Waals surface area contributed by atoms with Crippen LogP contribution in [0.3, 0.4) is 0 Å². The van der Waals surface area contributed by atoms with Crippen molar-refractivity contribution >= 4 is 5.96 Å². The largest absolute Gasteiger partial charge is 0.353 e. The Morgan fingerprint density at radius 3 is 2.75 bits per heavy atom. The van der Waals surface area contributed by atoms with Gasteiger partial charge in [-0.05, 0) is 50.3 Å². The first-order valence-corrected chi connectivity index (χ1v) is 7.34. The highest BCUT2D eigenvalue weighted by Gasteiger charge is 2.33. The Morgan fingerprint density at radius 1 is 1.50 bits per heavy atom. The van der Waals surface area contributed by atoms with E-state index in [9.17, 15) is 4.39 Å². The van der Waals surface area contributed by atoms with Crippen molar-refractivity contribution in [3.63, 3.8) is 0 Å². The Morgan fingerprint density at radius 2 is 2.20 bits per heavy atom. The lowest BCUT2D eigenvalue weighted by Gasteiger charge is -2.19. The van der Waals surface area contributed by atoms with Crippen molar-refractivity contribution in [2.75, 3.05) is 6.54 Å². The van der Waals surface area contributed by atoms with E-state index < -0.39 is 0 Å². The van der Waals surface area contributed by atoms with Gasteiger partial charge in [0.1, 0.15) is 5.82 Å². The zero-order chi connectivity index (χ0) is 14.7. The maximum absolute atomic E-state index is 13.6. The van der Waals surface area contributed by atoms with Crippen molar-refractivity contribution in [2.45, 2.75) is 46.2 Å². The average Bonchev–Trinajstić information content (AvgIpc) is 3.08. The van der Waals surface area contributed by atoms with E-state index >= 15 is 0 Å². The average molecular weight is 277 g/mol. The topological polar surface area (TPSA) is 36.4 Å². The molecule has 3 nitrogen and oxygen atoms in total. The molecule has 3 unspecified atom stereocenters. The van der Waals surface area contributed by atoms with E-state index in [2.05, 4.69) is 22.5 Å². The third kappa shape index (κ3) is 3.71. The fourth-order valence-electron chi connectivity index (χ4n) is 2.16. The molecule has 1 aliphatic carbocycles. The van der Waals surface area contributed by atoms with Gasteiger partial charge >= 0.3 is 0 Å². The second-order valence-corrected chi connectivity index (χ2v) is 5.66. The quantitative estimate of drug-likeness (QED) is 0.655. The number of hydrogen-bond acceptors (Lipinski definition) is 1. The molecule has 0 amide bonds. The first kappa shape index (κ1) is 14.8. The van der Waals surface area contributed by atoms with Gasteiger partial charge < -0.3 is 10.6 Å².